The number of anilines is 1. The second kappa shape index (κ2) is 10.0. The average molecular weight is 471 g/mol. The molecular weight excluding hydrogens is 440 g/mol. The van der Waals surface area contributed by atoms with Crippen molar-refractivity contribution in [2.75, 3.05) is 44.6 Å². The van der Waals surface area contributed by atoms with Crippen molar-refractivity contribution >= 4 is 27.5 Å². The number of hydrogen-bond donors (Lipinski definition) is 1. The first-order valence-corrected chi connectivity index (χ1v) is 12.7. The van der Waals surface area contributed by atoms with Gasteiger partial charge in [-0.05, 0) is 44.0 Å². The summed E-state index contributed by atoms with van der Waals surface area (Å²) in [6, 6.07) is 15.4. The van der Waals surface area contributed by atoms with E-state index in [0.29, 0.717) is 45.6 Å². The van der Waals surface area contributed by atoms with Crippen molar-refractivity contribution in [3.63, 3.8) is 0 Å². The van der Waals surface area contributed by atoms with Gasteiger partial charge in [0.1, 0.15) is 6.04 Å². The molecule has 0 aliphatic carbocycles. The minimum Gasteiger partial charge on any atom is -0.339 e. The summed E-state index contributed by atoms with van der Waals surface area (Å²) < 4.78 is 27.7. The summed E-state index contributed by atoms with van der Waals surface area (Å²) in [5.74, 6) is -0.233. The van der Waals surface area contributed by atoms with E-state index < -0.39 is 16.1 Å². The third-order valence-corrected chi connectivity index (χ3v) is 8.15. The van der Waals surface area contributed by atoms with E-state index in [2.05, 4.69) is 5.32 Å². The molecule has 176 valence electrons. The minimum atomic E-state index is -3.72. The highest BCUT2D eigenvalue weighted by molar-refractivity contribution is 7.89. The van der Waals surface area contributed by atoms with Crippen LogP contribution in [-0.2, 0) is 19.6 Å². The smallest absolute Gasteiger partial charge is 0.243 e. The highest BCUT2D eigenvalue weighted by Crippen LogP contribution is 2.28. The van der Waals surface area contributed by atoms with Crippen molar-refractivity contribution in [1.82, 2.24) is 14.1 Å². The van der Waals surface area contributed by atoms with E-state index >= 15 is 0 Å². The molecule has 2 aliphatic heterocycles. The van der Waals surface area contributed by atoms with Gasteiger partial charge < -0.3 is 10.2 Å². The molecule has 2 saturated heterocycles. The molecule has 2 amide bonds. The molecule has 0 spiro atoms. The fourth-order valence-electron chi connectivity index (χ4n) is 4.38. The Morgan fingerprint density at radius 3 is 2.27 bits per heavy atom. The molecule has 1 atom stereocenters. The molecule has 0 saturated carbocycles. The maximum absolute atomic E-state index is 13.2. The summed E-state index contributed by atoms with van der Waals surface area (Å²) in [7, 11) is -3.72. The molecule has 0 bridgehead atoms. The highest BCUT2D eigenvalue weighted by Gasteiger charge is 2.41. The van der Waals surface area contributed by atoms with E-state index in [1.165, 1.54) is 4.31 Å². The van der Waals surface area contributed by atoms with Crippen LogP contribution in [0.15, 0.2) is 59.5 Å². The number of nitrogens with zero attached hydrogens (tertiary/aromatic N) is 3. The number of benzene rings is 2. The number of para-hydroxylation sites is 1. The van der Waals surface area contributed by atoms with Gasteiger partial charge in [-0.3, -0.25) is 14.5 Å². The molecule has 9 heteroatoms. The predicted octanol–water partition coefficient (Wildman–Crippen LogP) is 1.93. The number of rotatable bonds is 6. The number of carbonyl (C=O) groups is 2. The molecular formula is C24H30N4O4S. The van der Waals surface area contributed by atoms with Gasteiger partial charge in [0.05, 0.1) is 11.4 Å². The van der Waals surface area contributed by atoms with Gasteiger partial charge in [0, 0.05) is 38.4 Å². The van der Waals surface area contributed by atoms with Gasteiger partial charge in [-0.1, -0.05) is 35.9 Å². The zero-order valence-electron chi connectivity index (χ0n) is 18.8. The Morgan fingerprint density at radius 2 is 1.61 bits per heavy atom. The molecule has 2 aromatic carbocycles. The Balaban J connectivity index is 1.33. The van der Waals surface area contributed by atoms with Gasteiger partial charge in [0.2, 0.25) is 21.8 Å². The fourth-order valence-corrected chi connectivity index (χ4v) is 6.03. The van der Waals surface area contributed by atoms with Crippen LogP contribution >= 0.6 is 0 Å². The van der Waals surface area contributed by atoms with Crippen LogP contribution < -0.4 is 5.32 Å². The number of nitrogens with one attached hydrogen (secondary N) is 1. The van der Waals surface area contributed by atoms with E-state index in [1.807, 2.05) is 42.2 Å². The summed E-state index contributed by atoms with van der Waals surface area (Å²) in [6.07, 6.45) is 1.20. The zero-order chi connectivity index (χ0) is 23.4. The third kappa shape index (κ3) is 5.43. The molecule has 0 aromatic heterocycles. The van der Waals surface area contributed by atoms with Crippen LogP contribution in [0.25, 0.3) is 0 Å². The van der Waals surface area contributed by atoms with Crippen LogP contribution in [0, 0.1) is 6.92 Å². The van der Waals surface area contributed by atoms with E-state index in [9.17, 15) is 18.0 Å². The first kappa shape index (κ1) is 23.4. The van der Waals surface area contributed by atoms with E-state index in [0.717, 1.165) is 11.3 Å². The average Bonchev–Trinajstić information content (AvgIpc) is 3.31. The molecule has 0 radical (unpaired) electrons. The van der Waals surface area contributed by atoms with Gasteiger partial charge in [-0.2, -0.15) is 4.31 Å². The number of hydrogen-bond acceptors (Lipinski definition) is 5. The number of carbonyl (C=O) groups excluding carboxylic acids is 2. The lowest BCUT2D eigenvalue weighted by molar-refractivity contribution is -0.136. The lowest BCUT2D eigenvalue weighted by Gasteiger charge is -2.36. The Bertz CT molecular complexity index is 1080. The normalized spacial score (nSPS) is 20.0. The molecule has 2 heterocycles. The van der Waals surface area contributed by atoms with E-state index in [4.69, 9.17) is 0 Å². The van der Waals surface area contributed by atoms with Gasteiger partial charge in [-0.25, -0.2) is 8.42 Å². The zero-order valence-corrected chi connectivity index (χ0v) is 19.6. The molecule has 1 N–H and O–H groups in total. The number of piperazine rings is 1. The molecule has 8 nitrogen and oxygen atoms in total. The predicted molar refractivity (Wildman–Crippen MR) is 126 cm³/mol. The van der Waals surface area contributed by atoms with Crippen molar-refractivity contribution in [2.24, 2.45) is 0 Å². The van der Waals surface area contributed by atoms with Gasteiger partial charge >= 0.3 is 0 Å². The first-order chi connectivity index (χ1) is 15.8. The molecule has 2 fully saturated rings. The minimum absolute atomic E-state index is 0.0906. The van der Waals surface area contributed by atoms with Crippen LogP contribution in [0.3, 0.4) is 0 Å². The van der Waals surface area contributed by atoms with Gasteiger partial charge in [0.25, 0.3) is 0 Å². The van der Waals surface area contributed by atoms with E-state index in [-0.39, 0.29) is 23.3 Å². The number of aryl methyl sites for hydroxylation is 1. The Labute approximate surface area is 195 Å². The quantitative estimate of drug-likeness (QED) is 0.697. The van der Waals surface area contributed by atoms with Crippen molar-refractivity contribution in [3.05, 3.63) is 60.2 Å². The summed E-state index contributed by atoms with van der Waals surface area (Å²) in [6.45, 7) is 4.62. The van der Waals surface area contributed by atoms with Crippen molar-refractivity contribution in [3.8, 4) is 0 Å². The maximum Gasteiger partial charge on any atom is 0.243 e. The van der Waals surface area contributed by atoms with Crippen molar-refractivity contribution in [1.29, 1.82) is 0 Å². The van der Waals surface area contributed by atoms with Crippen LogP contribution in [0.5, 0.6) is 0 Å². The van der Waals surface area contributed by atoms with Crippen molar-refractivity contribution < 1.29 is 18.0 Å². The van der Waals surface area contributed by atoms with Gasteiger partial charge in [-0.15, -0.1) is 0 Å². The Hall–Kier alpha value is -2.75. The second-order valence-electron chi connectivity index (χ2n) is 8.60. The summed E-state index contributed by atoms with van der Waals surface area (Å²) in [4.78, 5) is 29.5. The highest BCUT2D eigenvalue weighted by atomic mass is 32.2. The molecule has 2 aliphatic rings. The number of amides is 2. The van der Waals surface area contributed by atoms with E-state index in [1.54, 1.807) is 29.2 Å². The summed E-state index contributed by atoms with van der Waals surface area (Å²) in [5, 5.41) is 2.87. The Morgan fingerprint density at radius 1 is 0.939 bits per heavy atom. The van der Waals surface area contributed by atoms with Gasteiger partial charge in [0.15, 0.2) is 0 Å². The van der Waals surface area contributed by atoms with Crippen LogP contribution in [0.4, 0.5) is 5.69 Å². The topological polar surface area (TPSA) is 90.0 Å². The lowest BCUT2D eigenvalue weighted by atomic mass is 10.2. The third-order valence-electron chi connectivity index (χ3n) is 6.23. The molecule has 0 unspecified atom stereocenters. The standard InChI is InChI=1S/C24H30N4O4S/c1-19-9-11-21(12-10-19)33(31,32)28-13-5-8-22(28)24(30)27-16-14-26(15-17-27)18-23(29)25-20-6-3-2-4-7-20/h2-4,6-7,9-12,22H,5,8,13-18H2,1H3,(H,25,29)/t22-/m0/s1. The Kier molecular flexibility index (Phi) is 7.11. The summed E-state index contributed by atoms with van der Waals surface area (Å²) >= 11 is 0. The first-order valence-electron chi connectivity index (χ1n) is 11.3. The second-order valence-corrected chi connectivity index (χ2v) is 10.5. The summed E-state index contributed by atoms with van der Waals surface area (Å²) in [5.41, 5.74) is 1.74. The van der Waals surface area contributed by atoms with Crippen molar-refractivity contribution in [2.45, 2.75) is 30.7 Å². The largest absolute Gasteiger partial charge is 0.339 e. The SMILES string of the molecule is Cc1ccc(S(=O)(=O)N2CCC[C@H]2C(=O)N2CCN(CC(=O)Nc3ccccc3)CC2)cc1. The number of sulfonamides is 1. The molecule has 4 rings (SSSR count). The van der Waals surface area contributed by atoms with Crippen LogP contribution in [0.1, 0.15) is 18.4 Å². The monoisotopic (exact) mass is 470 g/mol. The van der Waals surface area contributed by atoms with Crippen LogP contribution in [-0.4, -0.2) is 79.6 Å². The molecule has 2 aromatic rings. The maximum atomic E-state index is 13.2. The molecule has 33 heavy (non-hydrogen) atoms. The fraction of sp³-hybridized carbons (Fsp3) is 0.417. The van der Waals surface area contributed by atoms with Crippen LogP contribution in [0.2, 0.25) is 0 Å². The lowest BCUT2D eigenvalue weighted by Crippen LogP contribution is -2.55.